The van der Waals surface area contributed by atoms with E-state index in [2.05, 4.69) is 20.9 Å². The second-order valence-corrected chi connectivity index (χ2v) is 5.12. The van der Waals surface area contributed by atoms with Crippen LogP contribution in [0.3, 0.4) is 0 Å². The van der Waals surface area contributed by atoms with E-state index in [1.165, 1.54) is 0 Å². The maximum atomic E-state index is 11.1. The monoisotopic (exact) mass is 298 g/mol. The number of carboxylic acids is 1. The van der Waals surface area contributed by atoms with Gasteiger partial charge in [-0.2, -0.15) is 0 Å². The number of aliphatic carboxylic acids is 1. The third-order valence-electron chi connectivity index (χ3n) is 3.07. The topological polar surface area (TPSA) is 53.4 Å². The van der Waals surface area contributed by atoms with Crippen molar-refractivity contribution in [1.82, 2.24) is 9.88 Å². The lowest BCUT2D eigenvalue weighted by atomic mass is 10.0. The molecule has 0 unspecified atom stereocenters. The maximum absolute atomic E-state index is 11.1. The summed E-state index contributed by atoms with van der Waals surface area (Å²) >= 11 is 3.29. The number of rotatable bonds is 3. The van der Waals surface area contributed by atoms with E-state index in [0.717, 1.165) is 36.0 Å². The van der Waals surface area contributed by atoms with Crippen LogP contribution in [0.25, 0.3) is 0 Å². The molecule has 1 aromatic heterocycles. The first-order valence-electron chi connectivity index (χ1n) is 5.74. The van der Waals surface area contributed by atoms with Crippen molar-refractivity contribution in [1.29, 1.82) is 0 Å². The molecule has 0 bridgehead atoms. The lowest BCUT2D eigenvalue weighted by Crippen LogP contribution is -2.44. The minimum atomic E-state index is -0.713. The first-order chi connectivity index (χ1) is 8.16. The Morgan fingerprint density at radius 2 is 2.35 bits per heavy atom. The molecular formula is C12H15BrN2O2. The quantitative estimate of drug-likeness (QED) is 0.870. The predicted molar refractivity (Wildman–Crippen MR) is 67.6 cm³/mol. The van der Waals surface area contributed by atoms with Crippen molar-refractivity contribution in [3.63, 3.8) is 0 Å². The summed E-state index contributed by atoms with van der Waals surface area (Å²) in [5.41, 5.74) is 1.06. The van der Waals surface area contributed by atoms with Gasteiger partial charge >= 0.3 is 5.97 Å². The van der Waals surface area contributed by atoms with Gasteiger partial charge in [0.1, 0.15) is 10.6 Å². The summed E-state index contributed by atoms with van der Waals surface area (Å²) in [5.74, 6) is -0.713. The highest BCUT2D eigenvalue weighted by atomic mass is 79.9. The Labute approximate surface area is 109 Å². The molecule has 1 aliphatic heterocycles. The van der Waals surface area contributed by atoms with Crippen LogP contribution in [0.2, 0.25) is 0 Å². The van der Waals surface area contributed by atoms with Crippen molar-refractivity contribution >= 4 is 21.9 Å². The third-order valence-corrected chi connectivity index (χ3v) is 3.54. The van der Waals surface area contributed by atoms with Gasteiger partial charge < -0.3 is 5.11 Å². The first kappa shape index (κ1) is 12.5. The van der Waals surface area contributed by atoms with E-state index in [4.69, 9.17) is 5.11 Å². The van der Waals surface area contributed by atoms with E-state index in [0.29, 0.717) is 6.54 Å². The van der Waals surface area contributed by atoms with Crippen molar-refractivity contribution in [2.45, 2.75) is 31.8 Å². The van der Waals surface area contributed by atoms with Gasteiger partial charge in [-0.25, -0.2) is 4.98 Å². The minimum Gasteiger partial charge on any atom is -0.480 e. The molecule has 0 spiro atoms. The number of carboxylic acid groups (broad SMARTS) is 1. The molecule has 92 valence electrons. The van der Waals surface area contributed by atoms with E-state index < -0.39 is 5.97 Å². The van der Waals surface area contributed by atoms with Gasteiger partial charge in [0, 0.05) is 12.7 Å². The highest BCUT2D eigenvalue weighted by Gasteiger charge is 2.28. The molecule has 0 amide bonds. The van der Waals surface area contributed by atoms with Gasteiger partial charge in [0.15, 0.2) is 0 Å². The normalized spacial score (nSPS) is 21.4. The number of aromatic nitrogens is 1. The smallest absolute Gasteiger partial charge is 0.320 e. The van der Waals surface area contributed by atoms with Crippen LogP contribution in [0, 0.1) is 0 Å². The molecular weight excluding hydrogens is 284 g/mol. The number of hydrogen-bond acceptors (Lipinski definition) is 3. The molecule has 0 radical (unpaired) electrons. The number of piperidine rings is 1. The Morgan fingerprint density at radius 1 is 1.53 bits per heavy atom. The Bertz CT molecular complexity index is 394. The van der Waals surface area contributed by atoms with E-state index in [1.54, 1.807) is 6.20 Å². The van der Waals surface area contributed by atoms with E-state index in [1.807, 2.05) is 17.0 Å². The Hall–Kier alpha value is -0.940. The second-order valence-electron chi connectivity index (χ2n) is 4.31. The predicted octanol–water partition coefficient (Wildman–Crippen LogP) is 2.28. The molecule has 1 saturated heterocycles. The average molecular weight is 299 g/mol. The molecule has 17 heavy (non-hydrogen) atoms. The molecule has 0 saturated carbocycles. The Kier molecular flexibility index (Phi) is 4.12. The van der Waals surface area contributed by atoms with Crippen LogP contribution < -0.4 is 0 Å². The number of pyridine rings is 1. The molecule has 0 aliphatic carbocycles. The van der Waals surface area contributed by atoms with Crippen molar-refractivity contribution in [2.75, 3.05) is 6.54 Å². The van der Waals surface area contributed by atoms with Crippen LogP contribution in [-0.2, 0) is 11.3 Å². The van der Waals surface area contributed by atoms with Crippen LogP contribution in [0.15, 0.2) is 22.9 Å². The zero-order valence-electron chi connectivity index (χ0n) is 9.47. The van der Waals surface area contributed by atoms with E-state index in [-0.39, 0.29) is 6.04 Å². The van der Waals surface area contributed by atoms with Gasteiger partial charge in [-0.1, -0.05) is 12.5 Å². The summed E-state index contributed by atoms with van der Waals surface area (Å²) in [7, 11) is 0. The van der Waals surface area contributed by atoms with Crippen LogP contribution in [0.1, 0.15) is 24.8 Å². The summed E-state index contributed by atoms with van der Waals surface area (Å²) < 4.78 is 0.801. The van der Waals surface area contributed by atoms with Crippen LogP contribution in [0.4, 0.5) is 0 Å². The zero-order valence-corrected chi connectivity index (χ0v) is 11.1. The number of carbonyl (C=O) groups is 1. The lowest BCUT2D eigenvalue weighted by molar-refractivity contribution is -0.144. The number of halogens is 1. The fraction of sp³-hybridized carbons (Fsp3) is 0.500. The summed E-state index contributed by atoms with van der Waals surface area (Å²) in [6.45, 7) is 1.52. The van der Waals surface area contributed by atoms with Crippen molar-refractivity contribution in [2.24, 2.45) is 0 Å². The Balaban J connectivity index is 2.05. The molecule has 2 heterocycles. The number of likely N-dealkylation sites (tertiary alicyclic amines) is 1. The zero-order chi connectivity index (χ0) is 12.3. The number of hydrogen-bond donors (Lipinski definition) is 1. The van der Waals surface area contributed by atoms with E-state index >= 15 is 0 Å². The molecule has 1 atom stereocenters. The average Bonchev–Trinajstić information content (AvgIpc) is 2.32. The minimum absolute atomic E-state index is 0.340. The van der Waals surface area contributed by atoms with Gasteiger partial charge in [-0.15, -0.1) is 0 Å². The molecule has 1 aliphatic rings. The molecule has 4 nitrogen and oxygen atoms in total. The van der Waals surface area contributed by atoms with Crippen LogP contribution in [-0.4, -0.2) is 33.5 Å². The third kappa shape index (κ3) is 3.26. The molecule has 2 rings (SSSR count). The molecule has 1 N–H and O–H groups in total. The number of nitrogens with zero attached hydrogens (tertiary/aromatic N) is 2. The van der Waals surface area contributed by atoms with Gasteiger partial charge in [-0.3, -0.25) is 9.69 Å². The summed E-state index contributed by atoms with van der Waals surface area (Å²) in [6, 6.07) is 3.52. The first-order valence-corrected chi connectivity index (χ1v) is 6.53. The largest absolute Gasteiger partial charge is 0.480 e. The van der Waals surface area contributed by atoms with Gasteiger partial charge in [0.25, 0.3) is 0 Å². The van der Waals surface area contributed by atoms with E-state index in [9.17, 15) is 4.79 Å². The summed E-state index contributed by atoms with van der Waals surface area (Å²) in [5, 5.41) is 9.17. The van der Waals surface area contributed by atoms with Crippen molar-refractivity contribution < 1.29 is 9.90 Å². The molecule has 5 heteroatoms. The second kappa shape index (κ2) is 5.60. The summed E-state index contributed by atoms with van der Waals surface area (Å²) in [4.78, 5) is 17.3. The molecule has 1 fully saturated rings. The van der Waals surface area contributed by atoms with Gasteiger partial charge in [0.2, 0.25) is 0 Å². The van der Waals surface area contributed by atoms with Crippen LogP contribution >= 0.6 is 15.9 Å². The lowest BCUT2D eigenvalue weighted by Gasteiger charge is -2.32. The maximum Gasteiger partial charge on any atom is 0.320 e. The van der Waals surface area contributed by atoms with Crippen molar-refractivity contribution in [3.05, 3.63) is 28.5 Å². The fourth-order valence-electron chi connectivity index (χ4n) is 2.19. The van der Waals surface area contributed by atoms with Crippen LogP contribution in [0.5, 0.6) is 0 Å². The van der Waals surface area contributed by atoms with Gasteiger partial charge in [0.05, 0.1) is 0 Å². The fourth-order valence-corrected chi connectivity index (χ4v) is 2.43. The molecule has 1 aromatic rings. The summed E-state index contributed by atoms with van der Waals surface area (Å²) in [6.07, 6.45) is 4.62. The van der Waals surface area contributed by atoms with Crippen molar-refractivity contribution in [3.8, 4) is 0 Å². The highest BCUT2D eigenvalue weighted by Crippen LogP contribution is 2.20. The Morgan fingerprint density at radius 3 is 3.00 bits per heavy atom. The highest BCUT2D eigenvalue weighted by molar-refractivity contribution is 9.10. The van der Waals surface area contributed by atoms with Gasteiger partial charge in [-0.05, 0) is 46.9 Å². The SMILES string of the molecule is O=C(O)[C@@H]1CCCCN1Cc1ccc(Br)nc1. The molecule has 0 aromatic carbocycles. The standard InChI is InChI=1S/C12H15BrN2O2/c13-11-5-4-9(7-14-11)8-15-6-2-1-3-10(15)12(16)17/h4-5,7,10H,1-3,6,8H2,(H,16,17)/t10-/m0/s1.